The Morgan fingerprint density at radius 3 is 2.05 bits per heavy atom. The molecule has 3 aromatic carbocycles. The second-order valence-electron chi connectivity index (χ2n) is 12.0. The van der Waals surface area contributed by atoms with Crippen molar-refractivity contribution < 1.29 is 14.4 Å². The van der Waals surface area contributed by atoms with Gasteiger partial charge in [-0.1, -0.05) is 54.6 Å². The molecule has 0 unspecified atom stereocenters. The third-order valence-electron chi connectivity index (χ3n) is 9.41. The van der Waals surface area contributed by atoms with Crippen LogP contribution in [0.5, 0.6) is 0 Å². The molecule has 2 bridgehead atoms. The van der Waals surface area contributed by atoms with Gasteiger partial charge in [-0.2, -0.15) is 0 Å². The van der Waals surface area contributed by atoms with E-state index in [1.165, 1.54) is 14.1 Å². The maximum atomic E-state index is 14.2. The summed E-state index contributed by atoms with van der Waals surface area (Å²) < 4.78 is 1.88. The molecule has 2 atom stereocenters. The average Bonchev–Trinajstić information content (AvgIpc) is 2.98. The van der Waals surface area contributed by atoms with Crippen LogP contribution in [0, 0.1) is 11.3 Å². The van der Waals surface area contributed by atoms with Gasteiger partial charge in [-0.25, -0.2) is 4.79 Å². The van der Waals surface area contributed by atoms with E-state index in [1.54, 1.807) is 6.07 Å². The van der Waals surface area contributed by atoms with E-state index in [4.69, 9.17) is 0 Å². The number of carbonyl (C=O) groups is 3. The predicted molar refractivity (Wildman–Crippen MR) is 157 cm³/mol. The van der Waals surface area contributed by atoms with Crippen LogP contribution in [0.4, 0.5) is 4.79 Å². The third kappa shape index (κ3) is 3.92. The molecule has 0 N–H and O–H groups in total. The minimum atomic E-state index is -1.48. The highest BCUT2D eigenvalue weighted by atomic mass is 16.2. The van der Waals surface area contributed by atoms with Gasteiger partial charge in [0.15, 0.2) is 0 Å². The number of carbonyl (C=O) groups excluding carboxylic acids is 3. The lowest BCUT2D eigenvalue weighted by Gasteiger charge is -2.48. The molecule has 0 aliphatic carbocycles. The van der Waals surface area contributed by atoms with Gasteiger partial charge in [0.1, 0.15) is 5.41 Å². The van der Waals surface area contributed by atoms with Crippen LogP contribution in [0.1, 0.15) is 23.6 Å². The van der Waals surface area contributed by atoms with Crippen LogP contribution in [-0.2, 0) is 22.6 Å². The van der Waals surface area contributed by atoms with E-state index >= 15 is 0 Å². The van der Waals surface area contributed by atoms with Crippen molar-refractivity contribution in [2.75, 3.05) is 33.7 Å². The molecule has 41 heavy (non-hydrogen) atoms. The number of rotatable bonds is 4. The second-order valence-corrected chi connectivity index (χ2v) is 12.0. The fraction of sp³-hybridized carbons (Fsp3) is 0.333. The number of urea groups is 1. The number of imide groups is 2. The zero-order valence-electron chi connectivity index (χ0n) is 23.2. The molecular weight excluding hydrogens is 516 g/mol. The number of amides is 4. The Balaban J connectivity index is 1.35. The quantitative estimate of drug-likeness (QED) is 0.286. The van der Waals surface area contributed by atoms with Crippen LogP contribution >= 0.6 is 0 Å². The molecule has 7 rings (SSSR count). The highest BCUT2D eigenvalue weighted by Gasteiger charge is 2.57. The van der Waals surface area contributed by atoms with Gasteiger partial charge in [0.05, 0.1) is 0 Å². The highest BCUT2D eigenvalue weighted by molar-refractivity contribution is 6.19. The van der Waals surface area contributed by atoms with Gasteiger partial charge in [0.2, 0.25) is 11.8 Å². The van der Waals surface area contributed by atoms with E-state index in [-0.39, 0.29) is 30.4 Å². The standard InChI is InChI=1S/C33H32N4O4/c1-34-30(39)33(31(40)35(2)32(34)41,16-27-25-10-5-3-8-22(25)15-23-9-4-6-11-26(23)27)20-36-17-21-14-24(19-36)28-12-7-13-29(38)37(28)18-21/h3-13,15,21,24H,14,16-20H2,1-2H3/t21-,24-/m1/s1. The largest absolute Gasteiger partial charge is 0.332 e. The van der Waals surface area contributed by atoms with Gasteiger partial charge >= 0.3 is 6.03 Å². The number of hydrogen-bond donors (Lipinski definition) is 0. The van der Waals surface area contributed by atoms with Crippen LogP contribution in [-0.4, -0.2) is 70.8 Å². The maximum Gasteiger partial charge on any atom is 0.332 e. The van der Waals surface area contributed by atoms with Crippen molar-refractivity contribution in [3.63, 3.8) is 0 Å². The molecule has 8 nitrogen and oxygen atoms in total. The fourth-order valence-electron chi connectivity index (χ4n) is 7.58. The van der Waals surface area contributed by atoms with Gasteiger partial charge in [0.25, 0.3) is 5.56 Å². The van der Waals surface area contributed by atoms with E-state index in [0.29, 0.717) is 19.6 Å². The lowest BCUT2D eigenvalue weighted by molar-refractivity contribution is -0.159. The Morgan fingerprint density at radius 1 is 0.756 bits per heavy atom. The van der Waals surface area contributed by atoms with E-state index in [9.17, 15) is 19.2 Å². The predicted octanol–water partition coefficient (Wildman–Crippen LogP) is 3.85. The van der Waals surface area contributed by atoms with Gasteiger partial charge in [-0.3, -0.25) is 24.2 Å². The summed E-state index contributed by atoms with van der Waals surface area (Å²) in [6.07, 6.45) is 1.15. The lowest BCUT2D eigenvalue weighted by Crippen LogP contribution is -2.67. The number of pyridine rings is 1. The number of nitrogens with zero attached hydrogens (tertiary/aromatic N) is 4. The van der Waals surface area contributed by atoms with Crippen LogP contribution in [0.25, 0.3) is 21.5 Å². The monoisotopic (exact) mass is 548 g/mol. The smallest absolute Gasteiger partial charge is 0.312 e. The van der Waals surface area contributed by atoms with E-state index in [2.05, 4.69) is 23.1 Å². The van der Waals surface area contributed by atoms with Gasteiger partial charge in [-0.05, 0) is 58.0 Å². The van der Waals surface area contributed by atoms with Crippen molar-refractivity contribution >= 4 is 39.4 Å². The molecule has 0 saturated carbocycles. The molecule has 208 valence electrons. The molecule has 3 aliphatic rings. The lowest BCUT2D eigenvalue weighted by atomic mass is 9.74. The van der Waals surface area contributed by atoms with Crippen LogP contribution < -0.4 is 5.56 Å². The topological polar surface area (TPSA) is 82.9 Å². The number of benzene rings is 3. The van der Waals surface area contributed by atoms with Crippen molar-refractivity contribution in [3.8, 4) is 0 Å². The Kier molecular flexibility index (Phi) is 5.87. The molecule has 2 fully saturated rings. The summed E-state index contributed by atoms with van der Waals surface area (Å²) in [6, 6.07) is 23.1. The summed E-state index contributed by atoms with van der Waals surface area (Å²) in [5.41, 5.74) is 0.486. The first-order valence-electron chi connectivity index (χ1n) is 14.2. The molecule has 2 saturated heterocycles. The van der Waals surface area contributed by atoms with Crippen molar-refractivity contribution in [1.29, 1.82) is 0 Å². The minimum absolute atomic E-state index is 0.0179. The number of fused-ring (bicyclic) bond motifs is 6. The van der Waals surface area contributed by atoms with Crippen molar-refractivity contribution in [2.24, 2.45) is 11.3 Å². The molecule has 4 aromatic rings. The molecule has 0 spiro atoms. The number of piperidine rings is 1. The van der Waals surface area contributed by atoms with E-state index in [1.807, 2.05) is 53.1 Å². The molecule has 0 radical (unpaired) electrons. The third-order valence-corrected chi connectivity index (χ3v) is 9.41. The summed E-state index contributed by atoms with van der Waals surface area (Å²) in [5.74, 6) is -0.551. The first-order valence-corrected chi connectivity index (χ1v) is 14.2. The molecule has 3 aliphatic heterocycles. The first-order chi connectivity index (χ1) is 19.8. The van der Waals surface area contributed by atoms with E-state index in [0.717, 1.165) is 49.0 Å². The second kappa shape index (κ2) is 9.38. The summed E-state index contributed by atoms with van der Waals surface area (Å²) in [4.78, 5) is 58.4. The van der Waals surface area contributed by atoms with E-state index < -0.39 is 23.3 Å². The fourth-order valence-corrected chi connectivity index (χ4v) is 7.58. The molecule has 4 heterocycles. The van der Waals surface area contributed by atoms with Crippen LogP contribution in [0.15, 0.2) is 77.6 Å². The van der Waals surface area contributed by atoms with Gasteiger partial charge in [-0.15, -0.1) is 0 Å². The SMILES string of the molecule is CN1C(=O)N(C)C(=O)C(Cc2c3ccccc3cc3ccccc23)(CN2C[C@H]3C[C@H](C2)c2cccc(=O)n2C3)C1=O. The number of likely N-dealkylation sites (tertiary alicyclic amines) is 1. The molecular formula is C33H32N4O4. The number of aromatic nitrogens is 1. The van der Waals surface area contributed by atoms with Crippen LogP contribution in [0.2, 0.25) is 0 Å². The van der Waals surface area contributed by atoms with Gasteiger partial charge in [0, 0.05) is 58.0 Å². The Hall–Kier alpha value is -4.30. The Labute approximate surface area is 237 Å². The molecule has 4 amide bonds. The Bertz CT molecular complexity index is 1730. The number of barbiturate groups is 1. The zero-order valence-corrected chi connectivity index (χ0v) is 23.2. The van der Waals surface area contributed by atoms with Crippen molar-refractivity contribution in [1.82, 2.24) is 19.3 Å². The Morgan fingerprint density at radius 2 is 1.39 bits per heavy atom. The zero-order chi connectivity index (χ0) is 28.5. The molecule has 8 heteroatoms. The van der Waals surface area contributed by atoms with Gasteiger partial charge < -0.3 is 9.47 Å². The first kappa shape index (κ1) is 25.7. The maximum absolute atomic E-state index is 14.2. The summed E-state index contributed by atoms with van der Waals surface area (Å²) >= 11 is 0. The molecule has 1 aromatic heterocycles. The normalized spacial score (nSPS) is 22.4. The average molecular weight is 549 g/mol. The van der Waals surface area contributed by atoms with Crippen molar-refractivity contribution in [2.45, 2.75) is 25.3 Å². The highest BCUT2D eigenvalue weighted by Crippen LogP contribution is 2.41. The summed E-state index contributed by atoms with van der Waals surface area (Å²) in [7, 11) is 2.94. The minimum Gasteiger partial charge on any atom is -0.312 e. The summed E-state index contributed by atoms with van der Waals surface area (Å²) in [5, 5.41) is 4.08. The number of hydrogen-bond acceptors (Lipinski definition) is 5. The van der Waals surface area contributed by atoms with Crippen LogP contribution in [0.3, 0.4) is 0 Å². The summed E-state index contributed by atoms with van der Waals surface area (Å²) in [6.45, 7) is 2.15. The van der Waals surface area contributed by atoms with Crippen molar-refractivity contribution in [3.05, 3.63) is 94.4 Å².